The van der Waals surface area contributed by atoms with Crippen LogP contribution in [0.15, 0.2) is 24.5 Å². The number of ether oxygens (including phenoxy) is 1. The van der Waals surface area contributed by atoms with E-state index in [9.17, 15) is 13.2 Å². The second kappa shape index (κ2) is 5.58. The predicted molar refractivity (Wildman–Crippen MR) is 64.5 cm³/mol. The van der Waals surface area contributed by atoms with Crippen molar-refractivity contribution in [2.75, 3.05) is 13.7 Å². The van der Waals surface area contributed by atoms with Crippen LogP contribution in [-0.2, 0) is 17.8 Å². The molecule has 0 amide bonds. The maximum atomic E-state index is 11.9. The molecular weight excluding hydrogens is 259 g/mol. The maximum absolute atomic E-state index is 11.9. The molecule has 0 unspecified atom stereocenters. The molecule has 4 nitrogen and oxygen atoms in total. The van der Waals surface area contributed by atoms with Crippen LogP contribution >= 0.6 is 0 Å². The van der Waals surface area contributed by atoms with Crippen molar-refractivity contribution in [3.05, 3.63) is 30.1 Å². The van der Waals surface area contributed by atoms with Gasteiger partial charge in [0.05, 0.1) is 6.61 Å². The topological polar surface area (TPSA) is 39.1 Å². The van der Waals surface area contributed by atoms with Gasteiger partial charge in [-0.25, -0.2) is 4.98 Å². The Kier molecular flexibility index (Phi) is 4.06. The van der Waals surface area contributed by atoms with Crippen molar-refractivity contribution in [1.29, 1.82) is 0 Å². The second-order valence-corrected chi connectivity index (χ2v) is 4.05. The molecule has 2 rings (SSSR count). The Hall–Kier alpha value is -1.60. The summed E-state index contributed by atoms with van der Waals surface area (Å²) in [5, 5.41) is 3.95. The lowest BCUT2D eigenvalue weighted by atomic mass is 10.2. The predicted octanol–water partition coefficient (Wildman–Crippen LogP) is 2.29. The normalized spacial score (nSPS) is 12.2. The molecule has 104 valence electrons. The van der Waals surface area contributed by atoms with Crippen LogP contribution in [0.5, 0.6) is 0 Å². The minimum Gasteiger partial charge on any atom is -0.330 e. The molecule has 0 radical (unpaired) electrons. The first-order valence-corrected chi connectivity index (χ1v) is 5.79. The summed E-state index contributed by atoms with van der Waals surface area (Å²) in [6, 6.07) is 3.70. The highest BCUT2D eigenvalue weighted by molar-refractivity contribution is 5.80. The number of hydrogen-bond donors (Lipinski definition) is 1. The number of halogens is 3. The quantitative estimate of drug-likeness (QED) is 0.908. The van der Waals surface area contributed by atoms with E-state index in [1.165, 1.54) is 0 Å². The van der Waals surface area contributed by atoms with Gasteiger partial charge in [-0.3, -0.25) is 4.74 Å². The van der Waals surface area contributed by atoms with E-state index in [2.05, 4.69) is 15.0 Å². The van der Waals surface area contributed by atoms with Crippen LogP contribution in [0.25, 0.3) is 11.0 Å². The van der Waals surface area contributed by atoms with E-state index in [1.54, 1.807) is 23.0 Å². The Morgan fingerprint density at radius 3 is 2.89 bits per heavy atom. The Bertz CT molecular complexity index is 551. The average molecular weight is 273 g/mol. The number of nitrogens with one attached hydrogen (secondary N) is 1. The molecule has 0 fully saturated rings. The fourth-order valence-electron chi connectivity index (χ4n) is 1.96. The SMILES string of the molecule is CNCc1cn(CCOC(F)(F)F)c2ncccc12. The molecule has 7 heteroatoms. The van der Waals surface area contributed by atoms with Gasteiger partial charge in [-0.05, 0) is 24.7 Å². The summed E-state index contributed by atoms with van der Waals surface area (Å²) in [4.78, 5) is 4.20. The number of hydrogen-bond acceptors (Lipinski definition) is 3. The largest absolute Gasteiger partial charge is 0.522 e. The highest BCUT2D eigenvalue weighted by atomic mass is 19.4. The Morgan fingerprint density at radius 1 is 1.42 bits per heavy atom. The highest BCUT2D eigenvalue weighted by Gasteiger charge is 2.28. The number of fused-ring (bicyclic) bond motifs is 1. The lowest BCUT2D eigenvalue weighted by molar-refractivity contribution is -0.325. The molecule has 19 heavy (non-hydrogen) atoms. The van der Waals surface area contributed by atoms with Crippen LogP contribution in [0.3, 0.4) is 0 Å². The zero-order chi connectivity index (χ0) is 13.9. The fraction of sp³-hybridized carbons (Fsp3) is 0.417. The van der Waals surface area contributed by atoms with Crippen LogP contribution in [0.2, 0.25) is 0 Å². The highest BCUT2D eigenvalue weighted by Crippen LogP contribution is 2.20. The van der Waals surface area contributed by atoms with E-state index < -0.39 is 13.0 Å². The van der Waals surface area contributed by atoms with Crippen molar-refractivity contribution in [2.45, 2.75) is 19.5 Å². The molecule has 1 N–H and O–H groups in total. The average Bonchev–Trinajstić information content (AvgIpc) is 2.68. The van der Waals surface area contributed by atoms with E-state index in [0.717, 1.165) is 10.9 Å². The number of rotatable bonds is 5. The van der Waals surface area contributed by atoms with E-state index in [1.807, 2.05) is 13.1 Å². The molecule has 0 bridgehead atoms. The number of aromatic nitrogens is 2. The van der Waals surface area contributed by atoms with Gasteiger partial charge in [0.25, 0.3) is 0 Å². The van der Waals surface area contributed by atoms with Crippen LogP contribution < -0.4 is 5.32 Å². The summed E-state index contributed by atoms with van der Waals surface area (Å²) in [7, 11) is 1.81. The van der Waals surface area contributed by atoms with Crippen LogP contribution in [0.4, 0.5) is 13.2 Å². The first-order valence-electron chi connectivity index (χ1n) is 5.79. The van der Waals surface area contributed by atoms with E-state index >= 15 is 0 Å². The summed E-state index contributed by atoms with van der Waals surface area (Å²) in [6.07, 6.45) is -1.18. The fourth-order valence-corrected chi connectivity index (χ4v) is 1.96. The lowest BCUT2D eigenvalue weighted by Crippen LogP contribution is -2.17. The number of alkyl halides is 3. The molecule has 0 spiro atoms. The van der Waals surface area contributed by atoms with Crippen molar-refractivity contribution in [3.63, 3.8) is 0 Å². The van der Waals surface area contributed by atoms with Gasteiger partial charge in [-0.2, -0.15) is 0 Å². The van der Waals surface area contributed by atoms with Gasteiger partial charge in [-0.1, -0.05) is 0 Å². The third-order valence-corrected chi connectivity index (χ3v) is 2.68. The van der Waals surface area contributed by atoms with Crippen LogP contribution in [0, 0.1) is 0 Å². The summed E-state index contributed by atoms with van der Waals surface area (Å²) in [6.45, 7) is 0.314. The lowest BCUT2D eigenvalue weighted by Gasteiger charge is -2.08. The number of nitrogens with zero attached hydrogens (tertiary/aromatic N) is 2. The molecule has 0 aliphatic heterocycles. The van der Waals surface area contributed by atoms with E-state index in [0.29, 0.717) is 12.2 Å². The summed E-state index contributed by atoms with van der Waals surface area (Å²) >= 11 is 0. The summed E-state index contributed by atoms with van der Waals surface area (Å²) in [5.74, 6) is 0. The van der Waals surface area contributed by atoms with Gasteiger partial charge in [0.1, 0.15) is 5.65 Å². The summed E-state index contributed by atoms with van der Waals surface area (Å²) < 4.78 is 41.3. The maximum Gasteiger partial charge on any atom is 0.522 e. The monoisotopic (exact) mass is 273 g/mol. The van der Waals surface area contributed by atoms with Crippen molar-refractivity contribution in [3.8, 4) is 0 Å². The van der Waals surface area contributed by atoms with Crippen LogP contribution in [0.1, 0.15) is 5.56 Å². The minimum atomic E-state index is -4.59. The molecule has 0 saturated heterocycles. The van der Waals surface area contributed by atoms with Gasteiger partial charge in [0.2, 0.25) is 0 Å². The van der Waals surface area contributed by atoms with Crippen molar-refractivity contribution >= 4 is 11.0 Å². The van der Waals surface area contributed by atoms with Gasteiger partial charge in [0, 0.05) is 30.9 Å². The first-order chi connectivity index (χ1) is 9.01. The van der Waals surface area contributed by atoms with Crippen molar-refractivity contribution < 1.29 is 17.9 Å². The van der Waals surface area contributed by atoms with Crippen molar-refractivity contribution in [2.24, 2.45) is 0 Å². The van der Waals surface area contributed by atoms with E-state index in [-0.39, 0.29) is 6.54 Å². The van der Waals surface area contributed by atoms with Gasteiger partial charge >= 0.3 is 6.36 Å². The zero-order valence-corrected chi connectivity index (χ0v) is 10.4. The van der Waals surface area contributed by atoms with Crippen molar-refractivity contribution in [1.82, 2.24) is 14.9 Å². The van der Waals surface area contributed by atoms with Gasteiger partial charge < -0.3 is 9.88 Å². The molecule has 2 aromatic heterocycles. The first kappa shape index (κ1) is 13.8. The van der Waals surface area contributed by atoms with E-state index in [4.69, 9.17) is 0 Å². The molecule has 0 atom stereocenters. The second-order valence-electron chi connectivity index (χ2n) is 4.05. The minimum absolute atomic E-state index is 0.108. The molecule has 2 aromatic rings. The summed E-state index contributed by atoms with van der Waals surface area (Å²) in [5.41, 5.74) is 1.66. The zero-order valence-electron chi connectivity index (χ0n) is 10.4. The third kappa shape index (κ3) is 3.45. The standard InChI is InChI=1S/C12H14F3N3O/c1-16-7-9-8-18(5-6-19-12(13,14)15)11-10(9)3-2-4-17-11/h2-4,8,16H,5-7H2,1H3. The molecule has 0 aliphatic carbocycles. The smallest absolute Gasteiger partial charge is 0.330 e. The molecular formula is C12H14F3N3O. The Labute approximate surface area is 108 Å². The van der Waals surface area contributed by atoms with Crippen LogP contribution in [-0.4, -0.2) is 29.6 Å². The van der Waals surface area contributed by atoms with Gasteiger partial charge in [-0.15, -0.1) is 13.2 Å². The molecule has 0 aliphatic rings. The van der Waals surface area contributed by atoms with Gasteiger partial charge in [0.15, 0.2) is 0 Å². The Balaban J connectivity index is 2.18. The molecule has 0 aromatic carbocycles. The third-order valence-electron chi connectivity index (χ3n) is 2.68. The number of pyridine rings is 1. The Morgan fingerprint density at radius 2 is 2.21 bits per heavy atom. The molecule has 0 saturated carbocycles. The molecule has 2 heterocycles.